The summed E-state index contributed by atoms with van der Waals surface area (Å²) in [5.74, 6) is 0.550. The molecule has 90 valence electrons. The van der Waals surface area contributed by atoms with Gasteiger partial charge >= 0.3 is 0 Å². The van der Waals surface area contributed by atoms with Crippen LogP contribution < -0.4 is 5.73 Å². The van der Waals surface area contributed by atoms with Crippen molar-refractivity contribution in [1.29, 1.82) is 0 Å². The molecular weight excluding hydrogens is 285 g/mol. The molecule has 0 radical (unpaired) electrons. The molecule has 1 atom stereocenters. The zero-order chi connectivity index (χ0) is 12.4. The minimum Gasteiger partial charge on any atom is -0.338 e. The van der Waals surface area contributed by atoms with E-state index >= 15 is 0 Å². The SMILES string of the molecule is Cn1ccnc1CC(N)c1c(F)cccc1Br. The Morgan fingerprint density at radius 3 is 2.88 bits per heavy atom. The van der Waals surface area contributed by atoms with Crippen molar-refractivity contribution in [1.82, 2.24) is 9.55 Å². The molecule has 3 nitrogen and oxygen atoms in total. The maximum absolute atomic E-state index is 13.7. The molecule has 0 bridgehead atoms. The third-order valence-electron chi connectivity index (χ3n) is 2.69. The summed E-state index contributed by atoms with van der Waals surface area (Å²) in [4.78, 5) is 4.19. The van der Waals surface area contributed by atoms with Crippen molar-refractivity contribution in [3.05, 3.63) is 52.3 Å². The highest BCUT2D eigenvalue weighted by Crippen LogP contribution is 2.26. The van der Waals surface area contributed by atoms with Gasteiger partial charge in [0.25, 0.3) is 0 Å². The predicted octanol–water partition coefficient (Wildman–Crippen LogP) is 2.56. The predicted molar refractivity (Wildman–Crippen MR) is 67.9 cm³/mol. The summed E-state index contributed by atoms with van der Waals surface area (Å²) in [6.45, 7) is 0. The van der Waals surface area contributed by atoms with Crippen molar-refractivity contribution in [3.8, 4) is 0 Å². The normalized spacial score (nSPS) is 12.7. The van der Waals surface area contributed by atoms with Crippen LogP contribution in [0.5, 0.6) is 0 Å². The molecule has 0 saturated carbocycles. The monoisotopic (exact) mass is 297 g/mol. The van der Waals surface area contributed by atoms with Crippen molar-refractivity contribution in [2.75, 3.05) is 0 Å². The lowest BCUT2D eigenvalue weighted by molar-refractivity contribution is 0.568. The Morgan fingerprint density at radius 1 is 1.53 bits per heavy atom. The van der Waals surface area contributed by atoms with Crippen LogP contribution in [0.15, 0.2) is 35.1 Å². The van der Waals surface area contributed by atoms with Gasteiger partial charge in [-0.2, -0.15) is 0 Å². The Hall–Kier alpha value is -1.20. The fraction of sp³-hybridized carbons (Fsp3) is 0.250. The van der Waals surface area contributed by atoms with E-state index in [1.54, 1.807) is 18.3 Å². The first-order valence-corrected chi connectivity index (χ1v) is 6.04. The fourth-order valence-electron chi connectivity index (χ4n) is 1.76. The Morgan fingerprint density at radius 2 is 2.29 bits per heavy atom. The van der Waals surface area contributed by atoms with Crippen molar-refractivity contribution in [2.24, 2.45) is 12.8 Å². The van der Waals surface area contributed by atoms with Gasteiger partial charge in [0.05, 0.1) is 0 Å². The van der Waals surface area contributed by atoms with Gasteiger partial charge in [-0.05, 0) is 12.1 Å². The van der Waals surface area contributed by atoms with Crippen LogP contribution in [0.25, 0.3) is 0 Å². The van der Waals surface area contributed by atoms with E-state index in [1.165, 1.54) is 6.07 Å². The number of rotatable bonds is 3. The molecule has 0 aliphatic carbocycles. The number of imidazole rings is 1. The Bertz CT molecular complexity index is 504. The number of nitrogens with zero attached hydrogens (tertiary/aromatic N) is 2. The van der Waals surface area contributed by atoms with Crippen LogP contribution in [0.1, 0.15) is 17.4 Å². The van der Waals surface area contributed by atoms with Crippen molar-refractivity contribution in [2.45, 2.75) is 12.5 Å². The van der Waals surface area contributed by atoms with E-state index in [0.717, 1.165) is 5.82 Å². The van der Waals surface area contributed by atoms with Gasteiger partial charge < -0.3 is 10.3 Å². The van der Waals surface area contributed by atoms with Crippen molar-refractivity contribution < 1.29 is 4.39 Å². The lowest BCUT2D eigenvalue weighted by atomic mass is 10.0. The maximum atomic E-state index is 13.7. The number of hydrogen-bond acceptors (Lipinski definition) is 2. The summed E-state index contributed by atoms with van der Waals surface area (Å²) in [6, 6.07) is 4.44. The van der Waals surface area contributed by atoms with Gasteiger partial charge in [0, 0.05) is 41.9 Å². The van der Waals surface area contributed by atoms with Crippen molar-refractivity contribution >= 4 is 15.9 Å². The first-order chi connectivity index (χ1) is 8.09. The molecule has 1 heterocycles. The highest BCUT2D eigenvalue weighted by atomic mass is 79.9. The lowest BCUT2D eigenvalue weighted by Gasteiger charge is -2.14. The van der Waals surface area contributed by atoms with Gasteiger partial charge in [0.15, 0.2) is 0 Å². The van der Waals surface area contributed by atoms with Crippen LogP contribution in [0.2, 0.25) is 0 Å². The van der Waals surface area contributed by atoms with Gasteiger partial charge in [0.1, 0.15) is 11.6 Å². The summed E-state index contributed by atoms with van der Waals surface area (Å²) in [6.07, 6.45) is 4.06. The van der Waals surface area contributed by atoms with E-state index in [2.05, 4.69) is 20.9 Å². The molecule has 2 N–H and O–H groups in total. The molecule has 1 aromatic carbocycles. The Balaban J connectivity index is 2.26. The van der Waals surface area contributed by atoms with E-state index in [1.807, 2.05) is 17.8 Å². The number of hydrogen-bond donors (Lipinski definition) is 1. The zero-order valence-corrected chi connectivity index (χ0v) is 11.0. The van der Waals surface area contributed by atoms with Gasteiger partial charge in [0.2, 0.25) is 0 Å². The second-order valence-electron chi connectivity index (χ2n) is 3.90. The molecule has 0 saturated heterocycles. The van der Waals surface area contributed by atoms with E-state index in [4.69, 9.17) is 5.73 Å². The number of aromatic nitrogens is 2. The molecule has 5 heteroatoms. The van der Waals surface area contributed by atoms with Gasteiger partial charge in [-0.3, -0.25) is 0 Å². The zero-order valence-electron chi connectivity index (χ0n) is 9.40. The van der Waals surface area contributed by atoms with E-state index in [-0.39, 0.29) is 5.82 Å². The minimum atomic E-state index is -0.410. The van der Waals surface area contributed by atoms with Crippen LogP contribution in [0, 0.1) is 5.82 Å². The molecule has 1 unspecified atom stereocenters. The third-order valence-corrected chi connectivity index (χ3v) is 3.39. The van der Waals surface area contributed by atoms with Gasteiger partial charge in [-0.25, -0.2) is 9.37 Å². The summed E-state index contributed by atoms with van der Waals surface area (Å²) in [7, 11) is 1.89. The fourth-order valence-corrected chi connectivity index (χ4v) is 2.39. The molecule has 17 heavy (non-hydrogen) atoms. The molecule has 0 aliphatic rings. The Kier molecular flexibility index (Phi) is 3.59. The third kappa shape index (κ3) is 2.56. The molecular formula is C12H13BrFN3. The molecule has 0 fully saturated rings. The summed E-state index contributed by atoms with van der Waals surface area (Å²) in [5.41, 5.74) is 6.53. The highest BCUT2D eigenvalue weighted by Gasteiger charge is 2.16. The molecule has 0 amide bonds. The van der Waals surface area contributed by atoms with Crippen LogP contribution in [0.4, 0.5) is 4.39 Å². The lowest BCUT2D eigenvalue weighted by Crippen LogP contribution is -2.17. The van der Waals surface area contributed by atoms with Crippen LogP contribution in [0.3, 0.4) is 0 Å². The topological polar surface area (TPSA) is 43.8 Å². The van der Waals surface area contributed by atoms with Gasteiger partial charge in [-0.15, -0.1) is 0 Å². The minimum absolute atomic E-state index is 0.291. The Labute approximate surface area is 108 Å². The second-order valence-corrected chi connectivity index (χ2v) is 4.75. The van der Waals surface area contributed by atoms with Crippen LogP contribution in [-0.2, 0) is 13.5 Å². The largest absolute Gasteiger partial charge is 0.338 e. The van der Waals surface area contributed by atoms with Crippen molar-refractivity contribution in [3.63, 3.8) is 0 Å². The molecule has 0 spiro atoms. The van der Waals surface area contributed by atoms with Gasteiger partial charge in [-0.1, -0.05) is 22.0 Å². The molecule has 2 rings (SSSR count). The summed E-state index contributed by atoms with van der Waals surface area (Å²) < 4.78 is 16.3. The highest BCUT2D eigenvalue weighted by molar-refractivity contribution is 9.10. The summed E-state index contributed by atoms with van der Waals surface area (Å²) in [5, 5.41) is 0. The quantitative estimate of drug-likeness (QED) is 0.946. The standard InChI is InChI=1S/C12H13BrFN3/c1-17-6-5-16-11(17)7-10(15)12-8(13)3-2-4-9(12)14/h2-6,10H,7,15H2,1H3. The average molecular weight is 298 g/mol. The molecule has 0 aliphatic heterocycles. The number of benzene rings is 1. The van der Waals surface area contributed by atoms with E-state index < -0.39 is 6.04 Å². The average Bonchev–Trinajstić information content (AvgIpc) is 2.64. The number of halogens is 2. The number of nitrogens with two attached hydrogens (primary N) is 1. The smallest absolute Gasteiger partial charge is 0.129 e. The maximum Gasteiger partial charge on any atom is 0.129 e. The van der Waals surface area contributed by atoms with Crippen LogP contribution in [-0.4, -0.2) is 9.55 Å². The second kappa shape index (κ2) is 4.98. The van der Waals surface area contributed by atoms with Crippen LogP contribution >= 0.6 is 15.9 Å². The van der Waals surface area contributed by atoms with E-state index in [0.29, 0.717) is 16.5 Å². The molecule has 1 aromatic heterocycles. The molecule has 2 aromatic rings. The van der Waals surface area contributed by atoms with E-state index in [9.17, 15) is 4.39 Å². The number of aryl methyl sites for hydroxylation is 1. The first-order valence-electron chi connectivity index (χ1n) is 5.25. The summed E-state index contributed by atoms with van der Waals surface area (Å²) >= 11 is 3.32. The first kappa shape index (κ1) is 12.3.